The maximum Gasteiger partial charge on any atom is 0.184 e. The van der Waals surface area contributed by atoms with Crippen LogP contribution < -0.4 is 0 Å². The predicted molar refractivity (Wildman–Crippen MR) is 109 cm³/mol. The Morgan fingerprint density at radius 1 is 1.21 bits per heavy atom. The lowest BCUT2D eigenvalue weighted by atomic mass is 9.70. The van der Waals surface area contributed by atoms with Gasteiger partial charge in [0.25, 0.3) is 0 Å². The van der Waals surface area contributed by atoms with Crippen LogP contribution in [0.3, 0.4) is 0 Å². The summed E-state index contributed by atoms with van der Waals surface area (Å²) < 4.78 is 32.7. The van der Waals surface area contributed by atoms with Gasteiger partial charge in [-0.25, -0.2) is 8.42 Å². The fourth-order valence-electron chi connectivity index (χ4n) is 4.67. The molecule has 0 radical (unpaired) electrons. The molecule has 3 rings (SSSR count). The van der Waals surface area contributed by atoms with E-state index in [0.717, 1.165) is 17.9 Å². The van der Waals surface area contributed by atoms with E-state index in [1.807, 2.05) is 27.7 Å². The number of carbonyl (C=O) groups is 3. The Kier molecular flexibility index (Phi) is 7.20. The minimum absolute atomic E-state index is 0.0248. The lowest BCUT2D eigenvalue weighted by Gasteiger charge is -2.37. The average Bonchev–Trinajstić information content (AvgIpc) is 2.90. The van der Waals surface area contributed by atoms with Gasteiger partial charge in [0.2, 0.25) is 0 Å². The number of hydrogen-bond acceptors (Lipinski definition) is 6. The molecule has 1 saturated heterocycles. The van der Waals surface area contributed by atoms with Crippen molar-refractivity contribution in [1.82, 2.24) is 0 Å². The quantitative estimate of drug-likeness (QED) is 0.486. The van der Waals surface area contributed by atoms with Crippen LogP contribution in [-0.2, 0) is 35.4 Å². The Balaban J connectivity index is 0.000000203. The minimum atomic E-state index is -4.33. The van der Waals surface area contributed by atoms with Gasteiger partial charge in [0.05, 0.1) is 28.7 Å². The van der Waals surface area contributed by atoms with E-state index >= 15 is 0 Å². The number of carbonyl (C=O) groups excluding carboxylic acids is 3. The second-order valence-corrected chi connectivity index (χ2v) is 12.9. The number of fused-ring (bicyclic) bond motifs is 2. The van der Waals surface area contributed by atoms with Crippen molar-refractivity contribution in [2.75, 3.05) is 23.0 Å². The summed E-state index contributed by atoms with van der Waals surface area (Å²) in [7, 11) is -4.11. The van der Waals surface area contributed by atoms with Crippen LogP contribution in [0.25, 0.3) is 0 Å². The monoisotopic (exact) mass is 432 g/mol. The van der Waals surface area contributed by atoms with E-state index in [4.69, 9.17) is 0 Å². The summed E-state index contributed by atoms with van der Waals surface area (Å²) in [6.07, 6.45) is 3.28. The first-order valence-corrected chi connectivity index (χ1v) is 13.2. The molecule has 2 saturated carbocycles. The van der Waals surface area contributed by atoms with Gasteiger partial charge in [0.15, 0.2) is 11.5 Å². The molecule has 6 nitrogen and oxygen atoms in total. The molecule has 160 valence electrons. The largest absolute Gasteiger partial charge is 0.748 e. The van der Waals surface area contributed by atoms with E-state index in [1.165, 1.54) is 0 Å². The van der Waals surface area contributed by atoms with Gasteiger partial charge in [-0.2, -0.15) is 0 Å². The Hall–Kier alpha value is -0.730. The summed E-state index contributed by atoms with van der Waals surface area (Å²) in [5, 5.41) is 0. The second-order valence-electron chi connectivity index (χ2n) is 9.19. The molecule has 3 fully saturated rings. The van der Waals surface area contributed by atoms with Crippen LogP contribution in [0.1, 0.15) is 59.8 Å². The highest BCUT2D eigenvalue weighted by molar-refractivity contribution is 7.97. The summed E-state index contributed by atoms with van der Waals surface area (Å²) >= 11 is 0. The molecule has 8 heteroatoms. The molecule has 2 atom stereocenters. The van der Waals surface area contributed by atoms with Gasteiger partial charge in [-0.05, 0) is 35.1 Å². The van der Waals surface area contributed by atoms with E-state index in [-0.39, 0.29) is 33.9 Å². The van der Waals surface area contributed by atoms with E-state index in [0.29, 0.717) is 43.0 Å². The topological polar surface area (TPSA) is 108 Å². The highest BCUT2D eigenvalue weighted by Gasteiger charge is 2.64. The molecule has 2 aliphatic carbocycles. The molecule has 2 unspecified atom stereocenters. The van der Waals surface area contributed by atoms with Gasteiger partial charge in [-0.3, -0.25) is 14.4 Å². The van der Waals surface area contributed by atoms with Gasteiger partial charge < -0.3 is 4.55 Å². The zero-order valence-corrected chi connectivity index (χ0v) is 18.9. The van der Waals surface area contributed by atoms with E-state index in [1.54, 1.807) is 0 Å². The fraction of sp³-hybridized carbons (Fsp3) is 0.850. The van der Waals surface area contributed by atoms with Crippen LogP contribution in [0.4, 0.5) is 0 Å². The van der Waals surface area contributed by atoms with Crippen molar-refractivity contribution in [2.24, 2.45) is 22.7 Å². The van der Waals surface area contributed by atoms with E-state index in [2.05, 4.69) is 0 Å². The molecule has 0 aromatic heterocycles. The molecule has 28 heavy (non-hydrogen) atoms. The van der Waals surface area contributed by atoms with Crippen molar-refractivity contribution < 1.29 is 27.4 Å². The summed E-state index contributed by atoms with van der Waals surface area (Å²) in [5.74, 6) is 3.24. The minimum Gasteiger partial charge on any atom is -0.748 e. The normalized spacial score (nSPS) is 29.7. The van der Waals surface area contributed by atoms with Gasteiger partial charge in [0.1, 0.15) is 23.1 Å². The Morgan fingerprint density at radius 2 is 1.79 bits per heavy atom. The second kappa shape index (κ2) is 8.56. The number of hydrogen-bond donors (Lipinski definition) is 0. The Labute approximate surface area is 171 Å². The SMILES string of the molecule is CC(C)C(=O)C[S+]1CCC(=O)CC1.CC1(C)C2CCC1(CS(=O)(=O)[O-])C(=O)C2. The third kappa shape index (κ3) is 5.05. The Bertz CT molecular complexity index is 730. The first-order chi connectivity index (χ1) is 12.8. The van der Waals surface area contributed by atoms with Crippen molar-refractivity contribution >= 4 is 38.4 Å². The summed E-state index contributed by atoms with van der Waals surface area (Å²) in [6, 6.07) is 0. The van der Waals surface area contributed by atoms with Crippen molar-refractivity contribution in [2.45, 2.75) is 59.8 Å². The summed E-state index contributed by atoms with van der Waals surface area (Å²) in [5.41, 5.74) is -1.22. The van der Waals surface area contributed by atoms with Crippen LogP contribution in [0.5, 0.6) is 0 Å². The van der Waals surface area contributed by atoms with Crippen LogP contribution in [0.2, 0.25) is 0 Å². The highest BCUT2D eigenvalue weighted by Crippen LogP contribution is 2.64. The zero-order valence-electron chi connectivity index (χ0n) is 17.3. The van der Waals surface area contributed by atoms with Crippen molar-refractivity contribution in [3.63, 3.8) is 0 Å². The van der Waals surface area contributed by atoms with E-state index in [9.17, 15) is 27.4 Å². The third-order valence-corrected chi connectivity index (χ3v) is 9.99. The molecule has 3 aliphatic rings. The molecule has 0 amide bonds. The first kappa shape index (κ1) is 23.5. The van der Waals surface area contributed by atoms with Gasteiger partial charge in [-0.1, -0.05) is 27.7 Å². The molecule has 0 spiro atoms. The smallest absolute Gasteiger partial charge is 0.184 e. The van der Waals surface area contributed by atoms with Crippen molar-refractivity contribution in [3.05, 3.63) is 0 Å². The van der Waals surface area contributed by atoms with Gasteiger partial charge in [0, 0.05) is 17.8 Å². The van der Waals surface area contributed by atoms with Crippen LogP contribution >= 0.6 is 0 Å². The standard InChI is InChI=1S/C10H16O4S.C10H17O2S/c1-9(2)7-3-4-10(9,8(11)5-7)6-15(12,13)14;1-8(2)10(12)7-13-5-3-9(11)4-6-13/h7H,3-6H2,1-2H3,(H,12,13,14);8H,3-7H2,1-2H3/q;+1/p-1. The maximum absolute atomic E-state index is 11.8. The molecule has 0 aromatic rings. The van der Waals surface area contributed by atoms with Crippen molar-refractivity contribution in [3.8, 4) is 0 Å². The zero-order chi connectivity index (χ0) is 21.3. The molecular weight excluding hydrogens is 400 g/mol. The van der Waals surface area contributed by atoms with Crippen molar-refractivity contribution in [1.29, 1.82) is 0 Å². The lowest BCUT2D eigenvalue weighted by molar-refractivity contribution is -0.128. The van der Waals surface area contributed by atoms with E-state index < -0.39 is 21.3 Å². The molecule has 1 heterocycles. The molecule has 0 N–H and O–H groups in total. The Morgan fingerprint density at radius 3 is 2.18 bits per heavy atom. The predicted octanol–water partition coefficient (Wildman–Crippen LogP) is 2.12. The third-order valence-electron chi connectivity index (χ3n) is 6.89. The van der Waals surface area contributed by atoms with Crippen LogP contribution in [0, 0.1) is 22.7 Å². The van der Waals surface area contributed by atoms with Gasteiger partial charge >= 0.3 is 0 Å². The maximum atomic E-state index is 11.8. The first-order valence-electron chi connectivity index (χ1n) is 9.94. The highest BCUT2D eigenvalue weighted by atomic mass is 32.2. The lowest BCUT2D eigenvalue weighted by Crippen LogP contribution is -2.42. The number of Topliss-reactive ketones (excluding diaryl/α,β-unsaturated/α-hetero) is 3. The molecule has 2 bridgehead atoms. The average molecular weight is 433 g/mol. The summed E-state index contributed by atoms with van der Waals surface area (Å²) in [4.78, 5) is 34.2. The number of ketones is 3. The van der Waals surface area contributed by atoms with Gasteiger partial charge in [-0.15, -0.1) is 0 Å². The summed E-state index contributed by atoms with van der Waals surface area (Å²) in [6.45, 7) is 7.73. The number of rotatable bonds is 5. The van der Waals surface area contributed by atoms with Crippen LogP contribution in [-0.4, -0.2) is 53.3 Å². The molecule has 1 aliphatic heterocycles. The molecule has 0 aromatic carbocycles. The molecular formula is C20H32O6S2. The fourth-order valence-corrected chi connectivity index (χ4v) is 8.21. The van der Waals surface area contributed by atoms with Crippen LogP contribution in [0.15, 0.2) is 0 Å².